The topological polar surface area (TPSA) is 20.2 Å². The standard InChI is InChI=1S/C28H38O/c1-3-4-21-5-7-22(8-6-21)23-9-11-24(12-10-23)25-13-15-26(16-14-25)28-18-17-27(29)19-20(28)2/h13-19,21-24,29H,3-12H2,1-2H3. The number of rotatable bonds is 5. The van der Waals surface area contributed by atoms with E-state index in [1.165, 1.54) is 80.9 Å². The van der Waals surface area contributed by atoms with Crippen molar-refractivity contribution in [1.29, 1.82) is 0 Å². The van der Waals surface area contributed by atoms with Crippen molar-refractivity contribution >= 4 is 0 Å². The SMILES string of the molecule is CCCC1CCC(C2CCC(c3ccc(-c4ccc(O)cc4C)cc3)CC2)CC1. The molecule has 0 unspecified atom stereocenters. The average molecular weight is 391 g/mol. The quantitative estimate of drug-likeness (QED) is 0.545. The molecule has 0 amide bonds. The molecule has 0 aromatic heterocycles. The van der Waals surface area contributed by atoms with Crippen LogP contribution in [0.15, 0.2) is 42.5 Å². The lowest BCUT2D eigenvalue weighted by Gasteiger charge is -2.38. The molecule has 0 spiro atoms. The average Bonchev–Trinajstić information content (AvgIpc) is 2.75. The van der Waals surface area contributed by atoms with E-state index in [9.17, 15) is 5.11 Å². The Morgan fingerprint density at radius 2 is 1.41 bits per heavy atom. The minimum atomic E-state index is 0.346. The monoisotopic (exact) mass is 390 g/mol. The van der Waals surface area contributed by atoms with E-state index in [0.29, 0.717) is 5.75 Å². The van der Waals surface area contributed by atoms with Gasteiger partial charge >= 0.3 is 0 Å². The fourth-order valence-electron chi connectivity index (χ4n) is 6.19. The van der Waals surface area contributed by atoms with E-state index in [1.807, 2.05) is 12.1 Å². The van der Waals surface area contributed by atoms with Crippen LogP contribution in [0.1, 0.15) is 88.2 Å². The first-order valence-corrected chi connectivity index (χ1v) is 12.0. The Kier molecular flexibility index (Phi) is 6.63. The second-order valence-electron chi connectivity index (χ2n) is 9.80. The van der Waals surface area contributed by atoms with Crippen LogP contribution in [0.3, 0.4) is 0 Å². The number of aromatic hydroxyl groups is 1. The van der Waals surface area contributed by atoms with E-state index in [-0.39, 0.29) is 0 Å². The molecule has 0 bridgehead atoms. The Labute approximate surface area is 177 Å². The van der Waals surface area contributed by atoms with Gasteiger partial charge in [0.2, 0.25) is 0 Å². The second-order valence-corrected chi connectivity index (χ2v) is 9.80. The maximum Gasteiger partial charge on any atom is 0.115 e. The van der Waals surface area contributed by atoms with Gasteiger partial charge in [-0.15, -0.1) is 0 Å². The summed E-state index contributed by atoms with van der Waals surface area (Å²) in [6.45, 7) is 4.41. The highest BCUT2D eigenvalue weighted by molar-refractivity contribution is 5.68. The van der Waals surface area contributed by atoms with Crippen LogP contribution in [0.5, 0.6) is 5.75 Å². The molecule has 156 valence electrons. The molecule has 1 nitrogen and oxygen atoms in total. The lowest BCUT2D eigenvalue weighted by molar-refractivity contribution is 0.156. The number of hydrogen-bond donors (Lipinski definition) is 1. The first-order valence-electron chi connectivity index (χ1n) is 12.0. The van der Waals surface area contributed by atoms with Crippen molar-refractivity contribution < 1.29 is 5.11 Å². The molecular formula is C28H38O. The molecule has 2 fully saturated rings. The van der Waals surface area contributed by atoms with Gasteiger partial charge in [-0.3, -0.25) is 0 Å². The summed E-state index contributed by atoms with van der Waals surface area (Å²) in [4.78, 5) is 0. The van der Waals surface area contributed by atoms with E-state index in [4.69, 9.17) is 0 Å². The molecule has 1 N–H and O–H groups in total. The summed E-state index contributed by atoms with van der Waals surface area (Å²) in [5.74, 6) is 4.14. The second kappa shape index (κ2) is 9.37. The molecule has 1 heteroatoms. The molecule has 2 saturated carbocycles. The molecule has 0 saturated heterocycles. The predicted octanol–water partition coefficient (Wildman–Crippen LogP) is 8.25. The van der Waals surface area contributed by atoms with Crippen LogP contribution in [0.2, 0.25) is 0 Å². The zero-order valence-corrected chi connectivity index (χ0v) is 18.4. The zero-order valence-electron chi connectivity index (χ0n) is 18.4. The maximum atomic E-state index is 9.65. The summed E-state index contributed by atoms with van der Waals surface area (Å²) in [6.07, 6.45) is 14.4. The van der Waals surface area contributed by atoms with Crippen molar-refractivity contribution in [2.45, 2.75) is 84.0 Å². The van der Waals surface area contributed by atoms with Crippen LogP contribution in [-0.2, 0) is 0 Å². The molecule has 0 aliphatic heterocycles. The van der Waals surface area contributed by atoms with E-state index >= 15 is 0 Å². The Hall–Kier alpha value is -1.76. The highest BCUT2D eigenvalue weighted by Crippen LogP contribution is 2.44. The first-order chi connectivity index (χ1) is 14.1. The van der Waals surface area contributed by atoms with Gasteiger partial charge in [0.05, 0.1) is 0 Å². The Morgan fingerprint density at radius 1 is 0.793 bits per heavy atom. The molecule has 2 aliphatic rings. The predicted molar refractivity (Wildman–Crippen MR) is 123 cm³/mol. The summed E-state index contributed by atoms with van der Waals surface area (Å²) in [5.41, 5.74) is 5.13. The van der Waals surface area contributed by atoms with Gasteiger partial charge in [0, 0.05) is 0 Å². The highest BCUT2D eigenvalue weighted by Gasteiger charge is 2.31. The third-order valence-corrected chi connectivity index (χ3v) is 7.93. The van der Waals surface area contributed by atoms with Crippen molar-refractivity contribution in [3.05, 3.63) is 53.6 Å². The van der Waals surface area contributed by atoms with Crippen LogP contribution in [0.4, 0.5) is 0 Å². The number of phenolic OH excluding ortho intramolecular Hbond substituents is 1. The van der Waals surface area contributed by atoms with Crippen LogP contribution >= 0.6 is 0 Å². The van der Waals surface area contributed by atoms with Crippen molar-refractivity contribution in [3.8, 4) is 16.9 Å². The normalized spacial score (nSPS) is 27.7. The molecule has 0 heterocycles. The summed E-state index contributed by atoms with van der Waals surface area (Å²) >= 11 is 0. The minimum Gasteiger partial charge on any atom is -0.508 e. The third-order valence-electron chi connectivity index (χ3n) is 7.93. The van der Waals surface area contributed by atoms with Gasteiger partial charge in [-0.05, 0) is 104 Å². The Morgan fingerprint density at radius 3 is 2.00 bits per heavy atom. The van der Waals surface area contributed by atoms with Gasteiger partial charge < -0.3 is 5.11 Å². The van der Waals surface area contributed by atoms with Crippen LogP contribution < -0.4 is 0 Å². The lowest BCUT2D eigenvalue weighted by Crippen LogP contribution is -2.25. The zero-order chi connectivity index (χ0) is 20.2. The molecule has 2 aromatic rings. The molecule has 2 aliphatic carbocycles. The van der Waals surface area contributed by atoms with Gasteiger partial charge in [0.25, 0.3) is 0 Å². The molecule has 2 aromatic carbocycles. The molecule has 0 atom stereocenters. The fourth-order valence-corrected chi connectivity index (χ4v) is 6.19. The summed E-state index contributed by atoms with van der Waals surface area (Å²) < 4.78 is 0. The first kappa shape index (κ1) is 20.5. The van der Waals surface area contributed by atoms with E-state index in [1.54, 1.807) is 6.07 Å². The Bertz CT molecular complexity index is 774. The van der Waals surface area contributed by atoms with Gasteiger partial charge in [0.1, 0.15) is 5.75 Å². The van der Waals surface area contributed by atoms with Gasteiger partial charge in [0.15, 0.2) is 0 Å². The van der Waals surface area contributed by atoms with Crippen molar-refractivity contribution in [2.75, 3.05) is 0 Å². The highest BCUT2D eigenvalue weighted by atomic mass is 16.3. The summed E-state index contributed by atoms with van der Waals surface area (Å²) in [5, 5.41) is 9.65. The fraction of sp³-hybridized carbons (Fsp3) is 0.571. The third kappa shape index (κ3) is 4.87. The molecule has 29 heavy (non-hydrogen) atoms. The van der Waals surface area contributed by atoms with Gasteiger partial charge in [-0.1, -0.05) is 62.9 Å². The van der Waals surface area contributed by atoms with E-state index < -0.39 is 0 Å². The molecule has 4 rings (SSSR count). The smallest absolute Gasteiger partial charge is 0.115 e. The van der Waals surface area contributed by atoms with Crippen LogP contribution in [0.25, 0.3) is 11.1 Å². The lowest BCUT2D eigenvalue weighted by atomic mass is 9.68. The largest absolute Gasteiger partial charge is 0.508 e. The van der Waals surface area contributed by atoms with E-state index in [0.717, 1.165) is 29.2 Å². The van der Waals surface area contributed by atoms with Crippen molar-refractivity contribution in [1.82, 2.24) is 0 Å². The van der Waals surface area contributed by atoms with Gasteiger partial charge in [-0.25, -0.2) is 0 Å². The number of aryl methyl sites for hydroxylation is 1. The number of hydrogen-bond acceptors (Lipinski definition) is 1. The summed E-state index contributed by atoms with van der Waals surface area (Å²) in [6, 6.07) is 14.9. The number of benzene rings is 2. The van der Waals surface area contributed by atoms with Crippen LogP contribution in [0, 0.1) is 24.7 Å². The van der Waals surface area contributed by atoms with Gasteiger partial charge in [-0.2, -0.15) is 0 Å². The van der Waals surface area contributed by atoms with E-state index in [2.05, 4.69) is 38.1 Å². The minimum absolute atomic E-state index is 0.346. The Balaban J connectivity index is 1.32. The molecule has 0 radical (unpaired) electrons. The molecular weight excluding hydrogens is 352 g/mol. The number of phenols is 1. The van der Waals surface area contributed by atoms with Crippen molar-refractivity contribution in [3.63, 3.8) is 0 Å². The van der Waals surface area contributed by atoms with Crippen LogP contribution in [-0.4, -0.2) is 5.11 Å². The summed E-state index contributed by atoms with van der Waals surface area (Å²) in [7, 11) is 0. The van der Waals surface area contributed by atoms with Crippen molar-refractivity contribution in [2.24, 2.45) is 17.8 Å². The maximum absolute atomic E-state index is 9.65.